The fraction of sp³-hybridized carbons (Fsp3) is 0.158. The number of oxazole rings is 2. The summed E-state index contributed by atoms with van der Waals surface area (Å²) in [7, 11) is 0. The highest BCUT2D eigenvalue weighted by Gasteiger charge is 2.16. The van der Waals surface area contributed by atoms with Gasteiger partial charge in [0.2, 0.25) is 11.8 Å². The van der Waals surface area contributed by atoms with Crippen LogP contribution in [0.5, 0.6) is 0 Å². The van der Waals surface area contributed by atoms with Crippen molar-refractivity contribution >= 4 is 42.6 Å². The molecule has 11 heteroatoms. The minimum atomic E-state index is -0.947. The van der Waals surface area contributed by atoms with E-state index in [1.54, 1.807) is 36.4 Å². The third-order valence-electron chi connectivity index (χ3n) is 4.08. The SMILES string of the molecule is F.F.O=C(O)Cc1cccc2oc(Cc3nc4c(CC(=O)O)cccc4o3)nc12.[B]. The molecule has 0 saturated carbocycles. The number of hydrogen-bond donors (Lipinski definition) is 2. The number of rotatable bonds is 6. The molecule has 4 aromatic rings. The highest BCUT2D eigenvalue weighted by molar-refractivity contribution is 5.83. The van der Waals surface area contributed by atoms with E-state index in [4.69, 9.17) is 19.0 Å². The molecule has 0 amide bonds. The maximum atomic E-state index is 11.0. The first-order chi connectivity index (χ1) is 13.0. The van der Waals surface area contributed by atoms with Gasteiger partial charge < -0.3 is 19.0 Å². The van der Waals surface area contributed by atoms with Crippen LogP contribution in [0.2, 0.25) is 0 Å². The molecule has 2 N–H and O–H groups in total. The second-order valence-electron chi connectivity index (χ2n) is 6.06. The van der Waals surface area contributed by atoms with Crippen LogP contribution in [0.1, 0.15) is 22.9 Å². The van der Waals surface area contributed by atoms with Crippen molar-refractivity contribution < 1.29 is 38.0 Å². The molecule has 8 nitrogen and oxygen atoms in total. The Kier molecular flexibility index (Phi) is 7.80. The number of hydrogen-bond acceptors (Lipinski definition) is 6. The Labute approximate surface area is 169 Å². The van der Waals surface area contributed by atoms with Crippen LogP contribution in [0.15, 0.2) is 45.2 Å². The summed E-state index contributed by atoms with van der Waals surface area (Å²) >= 11 is 0. The van der Waals surface area contributed by atoms with Crippen molar-refractivity contribution in [2.75, 3.05) is 0 Å². The van der Waals surface area contributed by atoms with Crippen molar-refractivity contribution in [1.29, 1.82) is 0 Å². The Bertz CT molecular complexity index is 1100. The summed E-state index contributed by atoms with van der Waals surface area (Å²) in [5.41, 5.74) is 3.11. The summed E-state index contributed by atoms with van der Waals surface area (Å²) < 4.78 is 11.4. The van der Waals surface area contributed by atoms with E-state index in [1.807, 2.05) is 0 Å². The molecule has 0 fully saturated rings. The van der Waals surface area contributed by atoms with Crippen molar-refractivity contribution in [3.63, 3.8) is 0 Å². The minimum absolute atomic E-state index is 0. The molecule has 0 atom stereocenters. The third-order valence-corrected chi connectivity index (χ3v) is 4.08. The Morgan fingerprint density at radius 1 is 0.767 bits per heavy atom. The Morgan fingerprint density at radius 3 is 1.53 bits per heavy atom. The second-order valence-corrected chi connectivity index (χ2v) is 6.06. The van der Waals surface area contributed by atoms with Gasteiger partial charge in [-0.05, 0) is 23.3 Å². The summed E-state index contributed by atoms with van der Waals surface area (Å²) in [6, 6.07) is 10.3. The van der Waals surface area contributed by atoms with Gasteiger partial charge in [-0.1, -0.05) is 24.3 Å². The van der Waals surface area contributed by atoms with Crippen LogP contribution >= 0.6 is 0 Å². The summed E-state index contributed by atoms with van der Waals surface area (Å²) in [5, 5.41) is 18.0. The van der Waals surface area contributed by atoms with E-state index < -0.39 is 11.9 Å². The lowest BCUT2D eigenvalue weighted by molar-refractivity contribution is -0.137. The van der Waals surface area contributed by atoms with E-state index in [-0.39, 0.29) is 37.1 Å². The topological polar surface area (TPSA) is 127 Å². The number of carboxylic acids is 2. The summed E-state index contributed by atoms with van der Waals surface area (Å²) in [6.07, 6.45) is -0.127. The first kappa shape index (κ1) is 24.3. The van der Waals surface area contributed by atoms with Crippen molar-refractivity contribution in [2.24, 2.45) is 0 Å². The van der Waals surface area contributed by atoms with Gasteiger partial charge in [0, 0.05) is 8.41 Å². The maximum Gasteiger partial charge on any atom is 0.307 e. The fourth-order valence-electron chi connectivity index (χ4n) is 2.99. The number of nitrogens with zero attached hydrogens (tertiary/aromatic N) is 2. The smallest absolute Gasteiger partial charge is 0.307 e. The Balaban J connectivity index is 0.00000150. The quantitative estimate of drug-likeness (QED) is 0.459. The molecule has 0 aliphatic rings. The first-order valence-corrected chi connectivity index (χ1v) is 8.18. The van der Waals surface area contributed by atoms with Gasteiger partial charge in [-0.25, -0.2) is 9.97 Å². The molecule has 0 unspecified atom stereocenters. The standard InChI is InChI=1S/C19H14N2O6.B.2FH/c22-16(23)7-10-3-1-5-12-18(10)20-14(26-12)9-15-21-19-11(8-17(24)25)4-2-6-13(19)27-15;;;/h1-6H,7-9H2,(H,22,23)(H,24,25);;2*1H. The average Bonchev–Trinajstić information content (AvgIpc) is 3.18. The monoisotopic (exact) mass is 417 g/mol. The van der Waals surface area contributed by atoms with Crippen molar-refractivity contribution in [3.8, 4) is 0 Å². The number of aromatic nitrogens is 2. The first-order valence-electron chi connectivity index (χ1n) is 8.18. The number of fused-ring (bicyclic) bond motifs is 2. The van der Waals surface area contributed by atoms with Gasteiger partial charge in [0.05, 0.1) is 12.8 Å². The average molecular weight is 417 g/mol. The van der Waals surface area contributed by atoms with E-state index in [2.05, 4.69) is 9.97 Å². The Morgan fingerprint density at radius 2 is 1.17 bits per heavy atom. The molecule has 4 rings (SSSR count). The predicted octanol–water partition coefficient (Wildman–Crippen LogP) is 2.74. The van der Waals surface area contributed by atoms with Crippen LogP contribution in [0.3, 0.4) is 0 Å². The fourth-order valence-corrected chi connectivity index (χ4v) is 2.99. The maximum absolute atomic E-state index is 11.0. The van der Waals surface area contributed by atoms with E-state index in [0.717, 1.165) is 0 Å². The van der Waals surface area contributed by atoms with Crippen molar-refractivity contribution in [3.05, 3.63) is 59.3 Å². The number of para-hydroxylation sites is 2. The minimum Gasteiger partial charge on any atom is -0.481 e. The molecule has 2 aromatic heterocycles. The van der Waals surface area contributed by atoms with Gasteiger partial charge in [-0.15, -0.1) is 0 Å². The molecule has 3 radical (unpaired) electrons. The summed E-state index contributed by atoms with van der Waals surface area (Å²) in [4.78, 5) is 30.7. The zero-order valence-electron chi connectivity index (χ0n) is 15.4. The molecule has 0 aliphatic carbocycles. The van der Waals surface area contributed by atoms with Crippen LogP contribution in [-0.4, -0.2) is 40.5 Å². The molecular formula is C19H16BF2N2O6. The highest BCUT2D eigenvalue weighted by atomic mass is 19.0. The Hall–Kier alpha value is -3.76. The summed E-state index contributed by atoms with van der Waals surface area (Å²) in [6.45, 7) is 0. The van der Waals surface area contributed by atoms with E-state index in [1.165, 1.54) is 0 Å². The molecule has 0 aliphatic heterocycles. The van der Waals surface area contributed by atoms with Gasteiger partial charge in [0.1, 0.15) is 17.5 Å². The zero-order valence-corrected chi connectivity index (χ0v) is 15.4. The molecule has 2 heterocycles. The number of halogens is 2. The zero-order chi connectivity index (χ0) is 19.0. The van der Waals surface area contributed by atoms with Gasteiger partial charge in [0.25, 0.3) is 0 Å². The van der Waals surface area contributed by atoms with Gasteiger partial charge >= 0.3 is 11.9 Å². The number of benzene rings is 2. The van der Waals surface area contributed by atoms with Gasteiger partial charge in [-0.2, -0.15) is 0 Å². The normalized spacial score (nSPS) is 10.1. The number of carboxylic acid groups (broad SMARTS) is 2. The lowest BCUT2D eigenvalue weighted by Crippen LogP contribution is -2.00. The largest absolute Gasteiger partial charge is 0.481 e. The van der Waals surface area contributed by atoms with E-state index in [0.29, 0.717) is 45.1 Å². The lowest BCUT2D eigenvalue weighted by Gasteiger charge is -1.95. The molecule has 30 heavy (non-hydrogen) atoms. The van der Waals surface area contributed by atoms with Crippen LogP contribution in [-0.2, 0) is 28.9 Å². The van der Waals surface area contributed by atoms with Crippen molar-refractivity contribution in [2.45, 2.75) is 19.3 Å². The van der Waals surface area contributed by atoms with E-state index >= 15 is 0 Å². The van der Waals surface area contributed by atoms with Crippen molar-refractivity contribution in [1.82, 2.24) is 9.97 Å². The van der Waals surface area contributed by atoms with Crippen LogP contribution in [0.4, 0.5) is 9.41 Å². The lowest BCUT2D eigenvalue weighted by atomic mass is 10.1. The highest BCUT2D eigenvalue weighted by Crippen LogP contribution is 2.24. The summed E-state index contributed by atoms with van der Waals surface area (Å²) in [5.74, 6) is -1.21. The molecular weight excluding hydrogens is 401 g/mol. The van der Waals surface area contributed by atoms with E-state index in [9.17, 15) is 9.59 Å². The molecule has 155 valence electrons. The number of carbonyl (C=O) groups is 2. The second kappa shape index (κ2) is 9.63. The predicted molar refractivity (Wildman–Crippen MR) is 104 cm³/mol. The molecule has 2 aromatic carbocycles. The van der Waals surface area contributed by atoms with Crippen LogP contribution in [0.25, 0.3) is 22.2 Å². The number of aliphatic carboxylic acids is 2. The molecule has 0 saturated heterocycles. The van der Waals surface area contributed by atoms with Crippen LogP contribution in [0, 0.1) is 0 Å². The molecule has 0 spiro atoms. The van der Waals surface area contributed by atoms with Gasteiger partial charge in [0.15, 0.2) is 11.2 Å². The van der Waals surface area contributed by atoms with Crippen LogP contribution < -0.4 is 0 Å². The molecule has 0 bridgehead atoms. The third kappa shape index (κ3) is 4.80. The van der Waals surface area contributed by atoms with Gasteiger partial charge in [-0.3, -0.25) is 19.0 Å².